The van der Waals surface area contributed by atoms with Crippen LogP contribution in [-0.4, -0.2) is 45.5 Å². The number of rotatable bonds is 6. The van der Waals surface area contributed by atoms with Crippen molar-refractivity contribution in [2.24, 2.45) is 5.41 Å². The lowest BCUT2D eigenvalue weighted by atomic mass is 9.61. The Bertz CT molecular complexity index is 896. The maximum Gasteiger partial charge on any atom is 0.147 e. The van der Waals surface area contributed by atoms with Crippen LogP contribution >= 0.6 is 0 Å². The molecule has 0 amide bonds. The van der Waals surface area contributed by atoms with Gasteiger partial charge in [-0.25, -0.2) is 0 Å². The van der Waals surface area contributed by atoms with E-state index in [1.54, 1.807) is 14.2 Å². The maximum absolute atomic E-state index is 13.1. The minimum atomic E-state index is -0.258. The summed E-state index contributed by atoms with van der Waals surface area (Å²) in [7, 11) is 7.65. The van der Waals surface area contributed by atoms with Crippen molar-refractivity contribution in [2.45, 2.75) is 51.4 Å². The minimum absolute atomic E-state index is 0.258. The van der Waals surface area contributed by atoms with Crippen molar-refractivity contribution >= 4 is 11.4 Å². The molecule has 0 heterocycles. The number of nitrogens with zero attached hydrogens (tertiary/aromatic N) is 1. The highest BCUT2D eigenvalue weighted by Gasteiger charge is 2.49. The standard InChI is InChI=1S/C25H33NO3/c1-16-13-20-18(24-19(16)14-17(28-4)15-22(24)29-5)9-11-25(10-6-12-26(2)3)21(20)7-8-23(25)27/h7,14-16H,6,8-13H2,1-5H3/t16?,25-/m0/s1. The van der Waals surface area contributed by atoms with Gasteiger partial charge in [0.1, 0.15) is 17.3 Å². The number of methoxy groups -OCH3 is 2. The molecule has 0 aliphatic heterocycles. The van der Waals surface area contributed by atoms with E-state index in [9.17, 15) is 4.79 Å². The van der Waals surface area contributed by atoms with Crippen molar-refractivity contribution in [1.29, 1.82) is 0 Å². The molecule has 0 bridgehead atoms. The van der Waals surface area contributed by atoms with Gasteiger partial charge in [0.25, 0.3) is 0 Å². The summed E-state index contributed by atoms with van der Waals surface area (Å²) in [6.07, 6.45) is 7.72. The number of hydrogen-bond acceptors (Lipinski definition) is 4. The molecule has 3 aliphatic rings. The molecule has 2 atom stereocenters. The first-order valence-corrected chi connectivity index (χ1v) is 10.8. The van der Waals surface area contributed by atoms with Gasteiger partial charge in [-0.3, -0.25) is 4.79 Å². The molecule has 1 aromatic rings. The summed E-state index contributed by atoms with van der Waals surface area (Å²) in [5.41, 5.74) is 6.43. The van der Waals surface area contributed by atoms with Gasteiger partial charge >= 0.3 is 0 Å². The lowest BCUT2D eigenvalue weighted by Gasteiger charge is -2.42. The second kappa shape index (κ2) is 7.64. The van der Waals surface area contributed by atoms with Gasteiger partial charge in [-0.05, 0) is 87.0 Å². The van der Waals surface area contributed by atoms with Gasteiger partial charge in [-0.2, -0.15) is 0 Å². The molecule has 0 fully saturated rings. The fourth-order valence-corrected chi connectivity index (χ4v) is 5.70. The number of Topliss-reactive ketones (excluding diaryl/α,β-unsaturated/α-hetero) is 1. The Kier molecular flexibility index (Phi) is 5.32. The number of allylic oxidation sites excluding steroid dienone is 4. The van der Waals surface area contributed by atoms with E-state index in [1.165, 1.54) is 27.8 Å². The smallest absolute Gasteiger partial charge is 0.147 e. The Balaban J connectivity index is 1.78. The Hall–Kier alpha value is -2.07. The molecule has 156 valence electrons. The van der Waals surface area contributed by atoms with Crippen LogP contribution in [0, 0.1) is 5.41 Å². The zero-order chi connectivity index (χ0) is 20.8. The van der Waals surface area contributed by atoms with E-state index in [4.69, 9.17) is 9.47 Å². The molecule has 0 spiro atoms. The van der Waals surface area contributed by atoms with Gasteiger partial charge in [-0.1, -0.05) is 13.0 Å². The number of ether oxygens (including phenoxy) is 2. The highest BCUT2D eigenvalue weighted by atomic mass is 16.5. The lowest BCUT2D eigenvalue weighted by Crippen LogP contribution is -2.35. The van der Waals surface area contributed by atoms with Crippen molar-refractivity contribution in [2.75, 3.05) is 34.9 Å². The van der Waals surface area contributed by atoms with Crippen LogP contribution in [-0.2, 0) is 4.79 Å². The third-order valence-corrected chi connectivity index (χ3v) is 7.15. The van der Waals surface area contributed by atoms with E-state index < -0.39 is 0 Å². The summed E-state index contributed by atoms with van der Waals surface area (Å²) in [4.78, 5) is 15.3. The van der Waals surface area contributed by atoms with Gasteiger partial charge in [0, 0.05) is 18.1 Å². The molecule has 0 saturated heterocycles. The second-order valence-corrected chi connectivity index (χ2v) is 9.09. The number of ketones is 1. The molecular formula is C25H33NO3. The predicted octanol–water partition coefficient (Wildman–Crippen LogP) is 4.99. The lowest BCUT2D eigenvalue weighted by molar-refractivity contribution is -0.125. The summed E-state index contributed by atoms with van der Waals surface area (Å²) in [5.74, 6) is 2.55. The quantitative estimate of drug-likeness (QED) is 0.680. The molecule has 0 radical (unpaired) electrons. The molecule has 29 heavy (non-hydrogen) atoms. The zero-order valence-electron chi connectivity index (χ0n) is 18.4. The maximum atomic E-state index is 13.1. The molecule has 0 aromatic heterocycles. The first kappa shape index (κ1) is 20.2. The largest absolute Gasteiger partial charge is 0.497 e. The first-order valence-electron chi connectivity index (χ1n) is 10.8. The summed E-state index contributed by atoms with van der Waals surface area (Å²) < 4.78 is 11.3. The van der Waals surface area contributed by atoms with E-state index in [-0.39, 0.29) is 5.41 Å². The molecule has 4 nitrogen and oxygen atoms in total. The summed E-state index contributed by atoms with van der Waals surface area (Å²) in [5, 5.41) is 0. The van der Waals surface area contributed by atoms with E-state index in [1.807, 2.05) is 6.07 Å². The van der Waals surface area contributed by atoms with Crippen molar-refractivity contribution in [3.05, 3.63) is 40.5 Å². The van der Waals surface area contributed by atoms with Gasteiger partial charge in [0.2, 0.25) is 0 Å². The molecule has 1 aromatic carbocycles. The van der Waals surface area contributed by atoms with Crippen LogP contribution in [0.1, 0.15) is 62.5 Å². The number of fused-ring (bicyclic) bond motifs is 4. The van der Waals surface area contributed by atoms with Crippen molar-refractivity contribution in [3.8, 4) is 11.5 Å². The summed E-state index contributed by atoms with van der Waals surface area (Å²) >= 11 is 0. The van der Waals surface area contributed by atoms with E-state index in [0.717, 1.165) is 50.1 Å². The normalized spacial score (nSPS) is 25.5. The fourth-order valence-electron chi connectivity index (χ4n) is 5.70. The molecular weight excluding hydrogens is 362 g/mol. The summed E-state index contributed by atoms with van der Waals surface area (Å²) in [6.45, 7) is 3.31. The Morgan fingerprint density at radius 3 is 2.66 bits per heavy atom. The highest BCUT2D eigenvalue weighted by Crippen LogP contribution is 2.59. The van der Waals surface area contributed by atoms with E-state index in [2.05, 4.69) is 38.1 Å². The van der Waals surface area contributed by atoms with Crippen molar-refractivity contribution in [3.63, 3.8) is 0 Å². The first-order chi connectivity index (χ1) is 13.9. The van der Waals surface area contributed by atoms with Gasteiger partial charge in [-0.15, -0.1) is 0 Å². The third-order valence-electron chi connectivity index (χ3n) is 7.15. The molecule has 4 rings (SSSR count). The van der Waals surface area contributed by atoms with E-state index in [0.29, 0.717) is 18.1 Å². The topological polar surface area (TPSA) is 38.8 Å². The third kappa shape index (κ3) is 3.22. The zero-order valence-corrected chi connectivity index (χ0v) is 18.4. The molecule has 0 N–H and O–H groups in total. The van der Waals surface area contributed by atoms with Crippen molar-refractivity contribution < 1.29 is 14.3 Å². The Morgan fingerprint density at radius 2 is 1.97 bits per heavy atom. The molecule has 0 saturated carbocycles. The predicted molar refractivity (Wildman–Crippen MR) is 117 cm³/mol. The van der Waals surface area contributed by atoms with Crippen LogP contribution < -0.4 is 9.47 Å². The number of hydrogen-bond donors (Lipinski definition) is 0. The highest BCUT2D eigenvalue weighted by molar-refractivity contribution is 5.97. The summed E-state index contributed by atoms with van der Waals surface area (Å²) in [6, 6.07) is 4.16. The van der Waals surface area contributed by atoms with Crippen LogP contribution in [0.3, 0.4) is 0 Å². The fraction of sp³-hybridized carbons (Fsp3) is 0.560. The monoisotopic (exact) mass is 395 g/mol. The molecule has 1 unspecified atom stereocenters. The van der Waals surface area contributed by atoms with Crippen LogP contribution in [0.25, 0.3) is 5.57 Å². The average Bonchev–Trinajstić information content (AvgIpc) is 3.04. The number of carbonyl (C=O) groups excluding carboxylic acids is 1. The van der Waals surface area contributed by atoms with Crippen LogP contribution in [0.5, 0.6) is 11.5 Å². The SMILES string of the molecule is COc1cc(OC)c2c(c1)C(C)CC1=C2CC[C@]2(CCCN(C)C)C(=O)CC=C12. The molecule has 3 aliphatic carbocycles. The van der Waals surface area contributed by atoms with Gasteiger partial charge < -0.3 is 14.4 Å². The minimum Gasteiger partial charge on any atom is -0.497 e. The van der Waals surface area contributed by atoms with Gasteiger partial charge in [0.05, 0.1) is 19.6 Å². The van der Waals surface area contributed by atoms with E-state index >= 15 is 0 Å². The van der Waals surface area contributed by atoms with Crippen LogP contribution in [0.15, 0.2) is 29.4 Å². The second-order valence-electron chi connectivity index (χ2n) is 9.09. The van der Waals surface area contributed by atoms with Crippen LogP contribution in [0.4, 0.5) is 0 Å². The Labute approximate surface area is 174 Å². The Morgan fingerprint density at radius 1 is 1.17 bits per heavy atom. The number of benzene rings is 1. The van der Waals surface area contributed by atoms with Crippen LogP contribution in [0.2, 0.25) is 0 Å². The van der Waals surface area contributed by atoms with Gasteiger partial charge in [0.15, 0.2) is 0 Å². The number of carbonyl (C=O) groups is 1. The average molecular weight is 396 g/mol. The molecule has 4 heteroatoms. The van der Waals surface area contributed by atoms with Crippen molar-refractivity contribution in [1.82, 2.24) is 4.90 Å².